The van der Waals surface area contributed by atoms with E-state index in [0.29, 0.717) is 17.7 Å². The molecule has 226 valence electrons. The van der Waals surface area contributed by atoms with Gasteiger partial charge >= 0.3 is 0 Å². The summed E-state index contributed by atoms with van der Waals surface area (Å²) in [7, 11) is -1.45. The van der Waals surface area contributed by atoms with Crippen LogP contribution in [0.4, 0.5) is 10.1 Å². The third-order valence-corrected chi connectivity index (χ3v) is 8.69. The molecule has 0 bridgehead atoms. The molecule has 0 spiro atoms. The maximum atomic E-state index is 14.2. The van der Waals surface area contributed by atoms with Crippen molar-refractivity contribution in [3.8, 4) is 11.5 Å². The molecule has 9 nitrogen and oxygen atoms in total. The molecule has 0 aliphatic carbocycles. The number of ether oxygens (including phenoxy) is 2. The summed E-state index contributed by atoms with van der Waals surface area (Å²) < 4.78 is 53.5. The molecule has 3 aromatic carbocycles. The number of nitrogens with zero attached hydrogens (tertiary/aromatic N) is 2. The summed E-state index contributed by atoms with van der Waals surface area (Å²) in [6, 6.07) is 16.9. The van der Waals surface area contributed by atoms with Crippen LogP contribution in [0.3, 0.4) is 0 Å². The zero-order valence-electron chi connectivity index (χ0n) is 24.5. The molecule has 2 unspecified atom stereocenters. The molecule has 2 atom stereocenters. The number of carbonyl (C=O) groups excluding carboxylic acids is 2. The van der Waals surface area contributed by atoms with E-state index in [-0.39, 0.29) is 41.2 Å². The average molecular weight is 600 g/mol. The van der Waals surface area contributed by atoms with Gasteiger partial charge in [-0.25, -0.2) is 12.8 Å². The van der Waals surface area contributed by atoms with Gasteiger partial charge in [-0.15, -0.1) is 0 Å². The van der Waals surface area contributed by atoms with Gasteiger partial charge in [0, 0.05) is 18.7 Å². The number of amides is 2. The molecular formula is C31H38FN3O6S. The first-order valence-electron chi connectivity index (χ1n) is 13.7. The first-order valence-corrected chi connectivity index (χ1v) is 15.1. The van der Waals surface area contributed by atoms with Crippen molar-refractivity contribution in [1.82, 2.24) is 10.2 Å². The molecule has 3 rings (SSSR count). The Hall–Kier alpha value is -4.12. The van der Waals surface area contributed by atoms with Gasteiger partial charge in [0.15, 0.2) is 0 Å². The number of nitrogens with one attached hydrogen (secondary N) is 1. The number of hydrogen-bond acceptors (Lipinski definition) is 6. The van der Waals surface area contributed by atoms with Crippen molar-refractivity contribution in [2.24, 2.45) is 0 Å². The quantitative estimate of drug-likeness (QED) is 0.287. The highest BCUT2D eigenvalue weighted by Crippen LogP contribution is 2.36. The predicted octanol–water partition coefficient (Wildman–Crippen LogP) is 4.76. The Morgan fingerprint density at radius 3 is 2.17 bits per heavy atom. The minimum atomic E-state index is -4.29. The monoisotopic (exact) mass is 599 g/mol. The third-order valence-electron chi connectivity index (χ3n) is 6.92. The Bertz CT molecular complexity index is 1450. The van der Waals surface area contributed by atoms with Crippen molar-refractivity contribution in [3.05, 3.63) is 84.2 Å². The van der Waals surface area contributed by atoms with E-state index >= 15 is 0 Å². The number of rotatable bonds is 14. The van der Waals surface area contributed by atoms with E-state index in [4.69, 9.17) is 9.47 Å². The van der Waals surface area contributed by atoms with E-state index in [0.717, 1.165) is 4.31 Å². The zero-order chi connectivity index (χ0) is 30.9. The summed E-state index contributed by atoms with van der Waals surface area (Å²) in [4.78, 5) is 28.8. The van der Waals surface area contributed by atoms with E-state index < -0.39 is 34.3 Å². The normalized spacial score (nSPS) is 12.6. The van der Waals surface area contributed by atoms with Gasteiger partial charge in [-0.1, -0.05) is 44.2 Å². The molecule has 0 fully saturated rings. The van der Waals surface area contributed by atoms with Crippen LogP contribution in [-0.2, 0) is 26.2 Å². The predicted molar refractivity (Wildman–Crippen MR) is 159 cm³/mol. The minimum absolute atomic E-state index is 0.0330. The second-order valence-electron chi connectivity index (χ2n) is 9.75. The topological polar surface area (TPSA) is 105 Å². The Morgan fingerprint density at radius 2 is 1.60 bits per heavy atom. The number of anilines is 1. The smallest absolute Gasteiger partial charge is 0.264 e. The molecule has 0 aliphatic heterocycles. The fraction of sp³-hybridized carbons (Fsp3) is 0.355. The van der Waals surface area contributed by atoms with Crippen molar-refractivity contribution in [3.63, 3.8) is 0 Å². The van der Waals surface area contributed by atoms with Crippen LogP contribution >= 0.6 is 0 Å². The van der Waals surface area contributed by atoms with Crippen LogP contribution in [-0.4, -0.2) is 58.0 Å². The van der Waals surface area contributed by atoms with Gasteiger partial charge in [0.25, 0.3) is 10.0 Å². The van der Waals surface area contributed by atoms with E-state index in [9.17, 15) is 22.4 Å². The highest BCUT2D eigenvalue weighted by Gasteiger charge is 2.35. The molecule has 0 saturated carbocycles. The fourth-order valence-corrected chi connectivity index (χ4v) is 5.81. The first-order chi connectivity index (χ1) is 20.0. The highest BCUT2D eigenvalue weighted by atomic mass is 32.2. The number of carbonyl (C=O) groups is 2. The van der Waals surface area contributed by atoms with Gasteiger partial charge in [-0.2, -0.15) is 0 Å². The van der Waals surface area contributed by atoms with E-state index in [1.165, 1.54) is 61.6 Å². The van der Waals surface area contributed by atoms with Crippen molar-refractivity contribution in [2.45, 2.75) is 57.1 Å². The second-order valence-corrected chi connectivity index (χ2v) is 11.6. The molecule has 0 aliphatic rings. The number of benzene rings is 3. The first kappa shape index (κ1) is 32.4. The van der Waals surface area contributed by atoms with E-state index in [1.807, 2.05) is 13.8 Å². The second kappa shape index (κ2) is 14.7. The number of hydrogen-bond donors (Lipinski definition) is 1. The maximum Gasteiger partial charge on any atom is 0.264 e. The fourth-order valence-electron chi connectivity index (χ4n) is 4.37. The largest absolute Gasteiger partial charge is 0.497 e. The van der Waals surface area contributed by atoms with Gasteiger partial charge in [0.1, 0.15) is 29.9 Å². The van der Waals surface area contributed by atoms with Crippen LogP contribution in [0.2, 0.25) is 0 Å². The number of methoxy groups -OCH3 is 2. The van der Waals surface area contributed by atoms with Crippen LogP contribution in [0.25, 0.3) is 0 Å². The van der Waals surface area contributed by atoms with Gasteiger partial charge in [0.2, 0.25) is 11.8 Å². The van der Waals surface area contributed by atoms with Gasteiger partial charge in [-0.05, 0) is 61.7 Å². The molecule has 0 saturated heterocycles. The summed E-state index contributed by atoms with van der Waals surface area (Å²) in [5, 5.41) is 2.92. The van der Waals surface area contributed by atoms with Crippen LogP contribution in [0.1, 0.15) is 39.2 Å². The van der Waals surface area contributed by atoms with Crippen molar-refractivity contribution in [2.75, 3.05) is 25.1 Å². The Balaban J connectivity index is 2.13. The molecule has 0 aromatic heterocycles. The van der Waals surface area contributed by atoms with Crippen molar-refractivity contribution in [1.29, 1.82) is 0 Å². The third kappa shape index (κ3) is 7.79. The van der Waals surface area contributed by atoms with Crippen LogP contribution < -0.4 is 19.1 Å². The standard InChI is InChI=1S/C31H38FN3O6S/c1-6-22(3)33-31(37)27(7-2)34(20-23-13-15-24(32)16-14-23)30(36)21-35(42(38,39)26-11-9-8-10-12-26)28-19-25(40-4)17-18-29(28)41-5/h8-19,22,27H,6-7,20-21H2,1-5H3,(H,33,37). The van der Waals surface area contributed by atoms with E-state index in [2.05, 4.69) is 5.32 Å². The van der Waals surface area contributed by atoms with Gasteiger partial charge < -0.3 is 19.7 Å². The lowest BCUT2D eigenvalue weighted by molar-refractivity contribution is -0.140. The van der Waals surface area contributed by atoms with Crippen LogP contribution in [0, 0.1) is 5.82 Å². The van der Waals surface area contributed by atoms with Gasteiger partial charge in [-0.3, -0.25) is 13.9 Å². The lowest BCUT2D eigenvalue weighted by Crippen LogP contribution is -2.53. The van der Waals surface area contributed by atoms with Gasteiger partial charge in [0.05, 0.1) is 24.8 Å². The van der Waals surface area contributed by atoms with Crippen LogP contribution in [0.15, 0.2) is 77.7 Å². The summed E-state index contributed by atoms with van der Waals surface area (Å²) in [6.45, 7) is 4.88. The molecule has 2 amide bonds. The lowest BCUT2D eigenvalue weighted by Gasteiger charge is -2.34. The lowest BCUT2D eigenvalue weighted by atomic mass is 10.1. The molecule has 3 aromatic rings. The Kier molecular flexibility index (Phi) is 11.3. The Labute approximate surface area is 247 Å². The molecule has 0 radical (unpaired) electrons. The SMILES string of the molecule is CCC(C)NC(=O)C(CC)N(Cc1ccc(F)cc1)C(=O)CN(c1cc(OC)ccc1OC)S(=O)(=O)c1ccccc1. The summed E-state index contributed by atoms with van der Waals surface area (Å²) in [6.07, 6.45) is 0.954. The van der Waals surface area contributed by atoms with Crippen molar-refractivity contribution < 1.29 is 31.9 Å². The molecule has 1 N–H and O–H groups in total. The number of halogens is 1. The van der Waals surface area contributed by atoms with E-state index in [1.54, 1.807) is 37.3 Å². The molecule has 11 heteroatoms. The maximum absolute atomic E-state index is 14.2. The molecule has 0 heterocycles. The highest BCUT2D eigenvalue weighted by molar-refractivity contribution is 7.92. The number of sulfonamides is 1. The summed E-state index contributed by atoms with van der Waals surface area (Å²) in [5.74, 6) is -0.874. The summed E-state index contributed by atoms with van der Waals surface area (Å²) >= 11 is 0. The molecule has 42 heavy (non-hydrogen) atoms. The summed E-state index contributed by atoms with van der Waals surface area (Å²) in [5.41, 5.74) is 0.670. The Morgan fingerprint density at radius 1 is 0.929 bits per heavy atom. The average Bonchev–Trinajstić information content (AvgIpc) is 3.00. The van der Waals surface area contributed by atoms with Crippen LogP contribution in [0.5, 0.6) is 11.5 Å². The minimum Gasteiger partial charge on any atom is -0.497 e. The zero-order valence-corrected chi connectivity index (χ0v) is 25.4. The van der Waals surface area contributed by atoms with Crippen molar-refractivity contribution >= 4 is 27.5 Å². The molecular weight excluding hydrogens is 561 g/mol.